The summed E-state index contributed by atoms with van der Waals surface area (Å²) in [5, 5.41) is 5.52. The van der Waals surface area contributed by atoms with Crippen LogP contribution in [0.15, 0.2) is 48.7 Å². The van der Waals surface area contributed by atoms with Gasteiger partial charge in [-0.3, -0.25) is 0 Å². The van der Waals surface area contributed by atoms with Crippen molar-refractivity contribution in [1.29, 1.82) is 0 Å². The molecule has 22 heavy (non-hydrogen) atoms. The number of nitrogens with one attached hydrogen (secondary N) is 2. The lowest BCUT2D eigenvalue weighted by atomic mass is 10.1. The first-order valence-corrected chi connectivity index (χ1v) is 7.05. The van der Waals surface area contributed by atoms with Gasteiger partial charge in [0.25, 0.3) is 0 Å². The fourth-order valence-electron chi connectivity index (χ4n) is 2.06. The zero-order chi connectivity index (χ0) is 15.9. The number of carbonyl (C=O) groups is 1. The summed E-state index contributed by atoms with van der Waals surface area (Å²) in [7, 11) is 1.62. The quantitative estimate of drug-likeness (QED) is 0.892. The van der Waals surface area contributed by atoms with E-state index in [9.17, 15) is 4.79 Å². The van der Waals surface area contributed by atoms with Gasteiger partial charge in [-0.25, -0.2) is 4.79 Å². The van der Waals surface area contributed by atoms with Gasteiger partial charge in [-0.1, -0.05) is 30.3 Å². The normalized spacial score (nSPS) is 10.5. The molecule has 0 bridgehead atoms. The number of urea groups is 1. The Bertz CT molecular complexity index is 693. The molecule has 0 aliphatic rings. The number of aryl methyl sites for hydroxylation is 1. The lowest BCUT2D eigenvalue weighted by Crippen LogP contribution is -2.24. The Morgan fingerprint density at radius 2 is 1.86 bits per heavy atom. The van der Waals surface area contributed by atoms with Crippen molar-refractivity contribution in [3.8, 4) is 5.75 Å². The van der Waals surface area contributed by atoms with Gasteiger partial charge in [0.2, 0.25) is 0 Å². The van der Waals surface area contributed by atoms with Crippen LogP contribution in [-0.4, -0.2) is 13.1 Å². The average molecular weight is 296 g/mol. The molecule has 4 heteroatoms. The fourth-order valence-corrected chi connectivity index (χ4v) is 2.06. The standard InChI is InChI=1S/C18H20N2O2/c1-13-7-6-9-16(14(13)2)20-18(21)19-12-11-15-8-4-5-10-17(15)22-3/h4-12H,1-3H3,(H2,19,20,21)/b12-11+. The highest BCUT2D eigenvalue weighted by Gasteiger charge is 2.04. The van der Waals surface area contributed by atoms with E-state index in [1.165, 1.54) is 0 Å². The number of ether oxygens (including phenoxy) is 1. The largest absolute Gasteiger partial charge is 0.496 e. The van der Waals surface area contributed by atoms with Crippen LogP contribution in [0.1, 0.15) is 16.7 Å². The fraction of sp³-hybridized carbons (Fsp3) is 0.167. The second-order valence-corrected chi connectivity index (χ2v) is 4.92. The molecule has 2 aromatic rings. The summed E-state index contributed by atoms with van der Waals surface area (Å²) in [5.41, 5.74) is 3.91. The molecule has 2 rings (SSSR count). The lowest BCUT2D eigenvalue weighted by molar-refractivity contribution is 0.255. The minimum Gasteiger partial charge on any atom is -0.496 e. The summed E-state index contributed by atoms with van der Waals surface area (Å²) >= 11 is 0. The number of rotatable bonds is 4. The number of methoxy groups -OCH3 is 1. The highest BCUT2D eigenvalue weighted by Crippen LogP contribution is 2.19. The number of carbonyl (C=O) groups excluding carboxylic acids is 1. The molecule has 4 nitrogen and oxygen atoms in total. The van der Waals surface area contributed by atoms with E-state index >= 15 is 0 Å². The third-order valence-electron chi connectivity index (χ3n) is 3.47. The van der Waals surface area contributed by atoms with Crippen LogP contribution < -0.4 is 15.4 Å². The minimum atomic E-state index is -0.278. The maximum absolute atomic E-state index is 11.9. The number of benzene rings is 2. The van der Waals surface area contributed by atoms with Crippen LogP contribution in [0.3, 0.4) is 0 Å². The molecule has 0 unspecified atom stereocenters. The summed E-state index contributed by atoms with van der Waals surface area (Å²) < 4.78 is 5.25. The molecular weight excluding hydrogens is 276 g/mol. The second kappa shape index (κ2) is 7.31. The van der Waals surface area contributed by atoms with Crippen molar-refractivity contribution in [3.63, 3.8) is 0 Å². The molecule has 0 saturated heterocycles. The summed E-state index contributed by atoms with van der Waals surface area (Å²) in [5.74, 6) is 0.760. The van der Waals surface area contributed by atoms with E-state index in [1.54, 1.807) is 19.4 Å². The van der Waals surface area contributed by atoms with E-state index in [2.05, 4.69) is 10.6 Å². The van der Waals surface area contributed by atoms with E-state index in [0.29, 0.717) is 0 Å². The van der Waals surface area contributed by atoms with Gasteiger partial charge in [0.1, 0.15) is 5.75 Å². The molecule has 0 radical (unpaired) electrons. The Hall–Kier alpha value is -2.75. The Morgan fingerprint density at radius 1 is 1.09 bits per heavy atom. The lowest BCUT2D eigenvalue weighted by Gasteiger charge is -2.10. The van der Waals surface area contributed by atoms with Gasteiger partial charge in [-0.05, 0) is 43.2 Å². The van der Waals surface area contributed by atoms with Crippen LogP contribution in [-0.2, 0) is 0 Å². The molecule has 0 atom stereocenters. The Labute approximate surface area is 130 Å². The van der Waals surface area contributed by atoms with Crippen molar-refractivity contribution in [2.24, 2.45) is 0 Å². The molecule has 114 valence electrons. The predicted molar refractivity (Wildman–Crippen MR) is 90.1 cm³/mol. The van der Waals surface area contributed by atoms with Gasteiger partial charge in [0.05, 0.1) is 7.11 Å². The molecule has 0 spiro atoms. The minimum absolute atomic E-state index is 0.278. The molecule has 0 aliphatic heterocycles. The summed E-state index contributed by atoms with van der Waals surface area (Å²) in [6.45, 7) is 4.00. The topological polar surface area (TPSA) is 50.4 Å². The first-order valence-electron chi connectivity index (χ1n) is 7.05. The molecule has 2 aromatic carbocycles. The number of hydrogen-bond donors (Lipinski definition) is 2. The summed E-state index contributed by atoms with van der Waals surface area (Å²) in [6.07, 6.45) is 3.39. The molecule has 2 N–H and O–H groups in total. The van der Waals surface area contributed by atoms with E-state index in [-0.39, 0.29) is 6.03 Å². The van der Waals surface area contributed by atoms with Crippen LogP contribution in [0.5, 0.6) is 5.75 Å². The first kappa shape index (κ1) is 15.6. The number of hydrogen-bond acceptors (Lipinski definition) is 2. The third-order valence-corrected chi connectivity index (χ3v) is 3.47. The van der Waals surface area contributed by atoms with Crippen LogP contribution in [0, 0.1) is 13.8 Å². The van der Waals surface area contributed by atoms with E-state index in [4.69, 9.17) is 4.74 Å². The highest BCUT2D eigenvalue weighted by atomic mass is 16.5. The van der Waals surface area contributed by atoms with Gasteiger partial charge < -0.3 is 15.4 Å². The third kappa shape index (κ3) is 3.88. The second-order valence-electron chi connectivity index (χ2n) is 4.92. The predicted octanol–water partition coefficient (Wildman–Crippen LogP) is 4.10. The van der Waals surface area contributed by atoms with Crippen molar-refractivity contribution in [1.82, 2.24) is 5.32 Å². The Balaban J connectivity index is 1.98. The van der Waals surface area contributed by atoms with Crippen molar-refractivity contribution in [2.75, 3.05) is 12.4 Å². The molecule has 0 fully saturated rings. The van der Waals surface area contributed by atoms with Crippen molar-refractivity contribution < 1.29 is 9.53 Å². The zero-order valence-electron chi connectivity index (χ0n) is 13.0. The summed E-state index contributed by atoms with van der Waals surface area (Å²) in [4.78, 5) is 11.9. The van der Waals surface area contributed by atoms with Gasteiger partial charge in [-0.2, -0.15) is 0 Å². The Morgan fingerprint density at radius 3 is 2.64 bits per heavy atom. The Kier molecular flexibility index (Phi) is 5.20. The van der Waals surface area contributed by atoms with Crippen molar-refractivity contribution in [3.05, 3.63) is 65.4 Å². The van der Waals surface area contributed by atoms with E-state index < -0.39 is 0 Å². The van der Waals surface area contributed by atoms with Gasteiger partial charge in [-0.15, -0.1) is 0 Å². The first-order chi connectivity index (χ1) is 10.6. The smallest absolute Gasteiger partial charge is 0.323 e. The average Bonchev–Trinajstić information content (AvgIpc) is 2.52. The van der Waals surface area contributed by atoms with Crippen LogP contribution in [0.4, 0.5) is 10.5 Å². The highest BCUT2D eigenvalue weighted by molar-refractivity contribution is 5.91. The molecule has 2 amide bonds. The van der Waals surface area contributed by atoms with Crippen LogP contribution in [0.2, 0.25) is 0 Å². The number of para-hydroxylation sites is 1. The molecule has 0 heterocycles. The van der Waals surface area contributed by atoms with Gasteiger partial charge in [0.15, 0.2) is 0 Å². The summed E-state index contributed by atoms with van der Waals surface area (Å²) in [6, 6.07) is 13.1. The molecule has 0 aromatic heterocycles. The number of anilines is 1. The number of amides is 2. The van der Waals surface area contributed by atoms with E-state index in [1.807, 2.05) is 56.3 Å². The molecule has 0 aliphatic carbocycles. The maximum Gasteiger partial charge on any atom is 0.323 e. The monoisotopic (exact) mass is 296 g/mol. The zero-order valence-corrected chi connectivity index (χ0v) is 13.0. The van der Waals surface area contributed by atoms with E-state index in [0.717, 1.165) is 28.1 Å². The maximum atomic E-state index is 11.9. The van der Waals surface area contributed by atoms with Crippen molar-refractivity contribution >= 4 is 17.8 Å². The van der Waals surface area contributed by atoms with Crippen LogP contribution >= 0.6 is 0 Å². The van der Waals surface area contributed by atoms with Crippen LogP contribution in [0.25, 0.3) is 6.08 Å². The van der Waals surface area contributed by atoms with Crippen molar-refractivity contribution in [2.45, 2.75) is 13.8 Å². The van der Waals surface area contributed by atoms with Gasteiger partial charge >= 0.3 is 6.03 Å². The molecular formula is C18H20N2O2. The van der Waals surface area contributed by atoms with Gasteiger partial charge in [0, 0.05) is 17.5 Å². The SMILES string of the molecule is COc1ccccc1/C=C/NC(=O)Nc1cccc(C)c1C. The molecule has 0 saturated carbocycles.